The van der Waals surface area contributed by atoms with E-state index in [9.17, 15) is 9.59 Å². The topological polar surface area (TPSA) is 67.2 Å². The first-order valence-corrected chi connectivity index (χ1v) is 7.52. The number of hydrogen-bond donors (Lipinski definition) is 1. The van der Waals surface area contributed by atoms with E-state index in [1.165, 1.54) is 0 Å². The first kappa shape index (κ1) is 15.2. The standard InChI is InChI=1S/C13H19BrN4O2/c1-9-12(14)10(2)18(13(20)16-9)6-3-11(19)17-7-4-15-5-8-17/h15H,3-8H2,1-2H3. The number of rotatable bonds is 3. The fourth-order valence-corrected chi connectivity index (χ4v) is 2.62. The van der Waals surface area contributed by atoms with Crippen molar-refractivity contribution in [1.82, 2.24) is 19.8 Å². The highest BCUT2D eigenvalue weighted by Gasteiger charge is 2.17. The number of nitrogens with one attached hydrogen (secondary N) is 1. The molecule has 0 atom stereocenters. The zero-order valence-electron chi connectivity index (χ0n) is 11.8. The number of aryl methyl sites for hydroxylation is 1. The third-order valence-corrected chi connectivity index (χ3v) is 4.70. The Morgan fingerprint density at radius 1 is 1.35 bits per heavy atom. The molecule has 2 rings (SSSR count). The van der Waals surface area contributed by atoms with Crippen LogP contribution in [0.3, 0.4) is 0 Å². The molecule has 1 fully saturated rings. The van der Waals surface area contributed by atoms with Crippen LogP contribution in [-0.4, -0.2) is 46.5 Å². The van der Waals surface area contributed by atoms with Crippen molar-refractivity contribution in [3.8, 4) is 0 Å². The van der Waals surface area contributed by atoms with E-state index < -0.39 is 0 Å². The molecule has 6 nitrogen and oxygen atoms in total. The summed E-state index contributed by atoms with van der Waals surface area (Å²) in [5, 5.41) is 3.21. The quantitative estimate of drug-likeness (QED) is 0.865. The molecule has 0 bridgehead atoms. The molecule has 0 aromatic carbocycles. The second-order valence-corrected chi connectivity index (χ2v) is 5.70. The summed E-state index contributed by atoms with van der Waals surface area (Å²) in [6, 6.07) is 0. The molecule has 0 spiro atoms. The van der Waals surface area contributed by atoms with Crippen LogP contribution in [0.5, 0.6) is 0 Å². The van der Waals surface area contributed by atoms with E-state index in [2.05, 4.69) is 26.2 Å². The zero-order chi connectivity index (χ0) is 14.7. The number of carbonyl (C=O) groups excluding carboxylic acids is 1. The van der Waals surface area contributed by atoms with Crippen LogP contribution in [0.15, 0.2) is 9.27 Å². The average molecular weight is 343 g/mol. The van der Waals surface area contributed by atoms with Crippen LogP contribution in [0.2, 0.25) is 0 Å². The number of halogens is 1. The van der Waals surface area contributed by atoms with Crippen molar-refractivity contribution in [2.75, 3.05) is 26.2 Å². The van der Waals surface area contributed by atoms with Gasteiger partial charge in [-0.1, -0.05) is 0 Å². The maximum Gasteiger partial charge on any atom is 0.348 e. The van der Waals surface area contributed by atoms with E-state index in [4.69, 9.17) is 0 Å². The Bertz CT molecular complexity index is 564. The second-order valence-electron chi connectivity index (χ2n) is 4.91. The lowest BCUT2D eigenvalue weighted by Gasteiger charge is -2.27. The van der Waals surface area contributed by atoms with Gasteiger partial charge in [-0.25, -0.2) is 4.79 Å². The van der Waals surface area contributed by atoms with Crippen LogP contribution >= 0.6 is 15.9 Å². The Morgan fingerprint density at radius 2 is 2.00 bits per heavy atom. The highest BCUT2D eigenvalue weighted by atomic mass is 79.9. The third kappa shape index (κ3) is 3.27. The van der Waals surface area contributed by atoms with Gasteiger partial charge in [0.1, 0.15) is 0 Å². The summed E-state index contributed by atoms with van der Waals surface area (Å²) in [6.07, 6.45) is 0.331. The van der Waals surface area contributed by atoms with Crippen molar-refractivity contribution in [3.05, 3.63) is 26.3 Å². The Hall–Kier alpha value is -1.21. The minimum atomic E-state index is -0.295. The fourth-order valence-electron chi connectivity index (χ4n) is 2.32. The normalized spacial score (nSPS) is 15.4. The minimum Gasteiger partial charge on any atom is -0.340 e. The molecule has 1 aromatic heterocycles. The van der Waals surface area contributed by atoms with Crippen LogP contribution in [0.4, 0.5) is 0 Å². The van der Waals surface area contributed by atoms with Crippen molar-refractivity contribution in [1.29, 1.82) is 0 Å². The molecule has 7 heteroatoms. The van der Waals surface area contributed by atoms with Gasteiger partial charge >= 0.3 is 5.69 Å². The predicted octanol–water partition coefficient (Wildman–Crippen LogP) is 0.445. The molecule has 0 aliphatic carbocycles. The summed E-state index contributed by atoms with van der Waals surface area (Å²) in [4.78, 5) is 29.8. The van der Waals surface area contributed by atoms with Gasteiger partial charge < -0.3 is 10.2 Å². The van der Waals surface area contributed by atoms with E-state index in [-0.39, 0.29) is 11.6 Å². The third-order valence-electron chi connectivity index (χ3n) is 3.55. The first-order chi connectivity index (χ1) is 9.50. The molecule has 1 amide bonds. The lowest BCUT2D eigenvalue weighted by molar-refractivity contribution is -0.132. The van der Waals surface area contributed by atoms with Gasteiger partial charge in [0, 0.05) is 44.8 Å². The molecular weight excluding hydrogens is 324 g/mol. The maximum absolute atomic E-state index is 12.1. The Kier molecular flexibility index (Phi) is 4.93. The summed E-state index contributed by atoms with van der Waals surface area (Å²) >= 11 is 3.42. The summed E-state index contributed by atoms with van der Waals surface area (Å²) in [5.41, 5.74) is 1.20. The van der Waals surface area contributed by atoms with Gasteiger partial charge in [0.25, 0.3) is 0 Å². The molecule has 0 saturated carbocycles. The van der Waals surface area contributed by atoms with Crippen LogP contribution in [0, 0.1) is 13.8 Å². The van der Waals surface area contributed by atoms with Gasteiger partial charge in [-0.3, -0.25) is 9.36 Å². The second kappa shape index (κ2) is 6.49. The van der Waals surface area contributed by atoms with E-state index >= 15 is 0 Å². The van der Waals surface area contributed by atoms with Gasteiger partial charge in [-0.05, 0) is 29.8 Å². The summed E-state index contributed by atoms with van der Waals surface area (Å²) < 4.78 is 2.38. The van der Waals surface area contributed by atoms with Crippen molar-refractivity contribution >= 4 is 21.8 Å². The zero-order valence-corrected chi connectivity index (χ0v) is 13.4. The van der Waals surface area contributed by atoms with Gasteiger partial charge in [-0.2, -0.15) is 4.98 Å². The summed E-state index contributed by atoms with van der Waals surface area (Å²) in [6.45, 7) is 7.17. The molecule has 1 aliphatic heterocycles. The maximum atomic E-state index is 12.1. The number of aromatic nitrogens is 2. The van der Waals surface area contributed by atoms with E-state index in [1.54, 1.807) is 11.5 Å². The van der Waals surface area contributed by atoms with E-state index in [0.717, 1.165) is 36.3 Å². The molecule has 110 valence electrons. The Labute approximate surface area is 126 Å². The summed E-state index contributed by atoms with van der Waals surface area (Å²) in [5.74, 6) is 0.0921. The van der Waals surface area contributed by atoms with Crippen LogP contribution in [-0.2, 0) is 11.3 Å². The molecule has 20 heavy (non-hydrogen) atoms. The predicted molar refractivity (Wildman–Crippen MR) is 79.7 cm³/mol. The molecule has 0 unspecified atom stereocenters. The minimum absolute atomic E-state index is 0.0921. The molecule has 0 radical (unpaired) electrons. The Morgan fingerprint density at radius 3 is 2.65 bits per heavy atom. The van der Waals surface area contributed by atoms with Crippen LogP contribution < -0.4 is 11.0 Å². The van der Waals surface area contributed by atoms with E-state index in [1.807, 2.05) is 11.8 Å². The van der Waals surface area contributed by atoms with Crippen LogP contribution in [0.1, 0.15) is 17.8 Å². The smallest absolute Gasteiger partial charge is 0.340 e. The average Bonchev–Trinajstić information content (AvgIpc) is 2.45. The molecular formula is C13H19BrN4O2. The van der Waals surface area contributed by atoms with Crippen molar-refractivity contribution < 1.29 is 4.79 Å². The number of amides is 1. The highest BCUT2D eigenvalue weighted by molar-refractivity contribution is 9.10. The molecule has 1 aromatic rings. The number of nitrogens with zero attached hydrogens (tertiary/aromatic N) is 3. The van der Waals surface area contributed by atoms with Crippen LogP contribution in [0.25, 0.3) is 0 Å². The number of carbonyl (C=O) groups is 1. The fraction of sp³-hybridized carbons (Fsp3) is 0.615. The van der Waals surface area contributed by atoms with Crippen molar-refractivity contribution in [2.45, 2.75) is 26.8 Å². The van der Waals surface area contributed by atoms with Gasteiger partial charge in [-0.15, -0.1) is 0 Å². The molecule has 1 N–H and O–H groups in total. The largest absolute Gasteiger partial charge is 0.348 e. The molecule has 2 heterocycles. The Balaban J connectivity index is 2.06. The lowest BCUT2D eigenvalue weighted by Crippen LogP contribution is -2.46. The molecule has 1 saturated heterocycles. The van der Waals surface area contributed by atoms with Gasteiger partial charge in [0.15, 0.2) is 0 Å². The SMILES string of the molecule is Cc1nc(=O)n(CCC(=O)N2CCNCC2)c(C)c1Br. The number of hydrogen-bond acceptors (Lipinski definition) is 4. The number of piperazine rings is 1. The van der Waals surface area contributed by atoms with Crippen molar-refractivity contribution in [3.63, 3.8) is 0 Å². The van der Waals surface area contributed by atoms with E-state index in [0.29, 0.717) is 18.7 Å². The van der Waals surface area contributed by atoms with Crippen molar-refractivity contribution in [2.24, 2.45) is 0 Å². The van der Waals surface area contributed by atoms with Gasteiger partial charge in [0.05, 0.1) is 10.2 Å². The summed E-state index contributed by atoms with van der Waals surface area (Å²) in [7, 11) is 0. The lowest BCUT2D eigenvalue weighted by atomic mass is 10.3. The molecule has 1 aliphatic rings. The monoisotopic (exact) mass is 342 g/mol. The first-order valence-electron chi connectivity index (χ1n) is 6.72. The van der Waals surface area contributed by atoms with Gasteiger partial charge in [0.2, 0.25) is 5.91 Å². The highest BCUT2D eigenvalue weighted by Crippen LogP contribution is 2.16.